The SMILES string of the molecule is CNC(c1ccc(OC)c(Cl)c1)C1CCCCC1(C)C. The summed E-state index contributed by atoms with van der Waals surface area (Å²) in [7, 11) is 3.70. The fraction of sp³-hybridized carbons (Fsp3) is 0.647. The zero-order valence-corrected chi connectivity index (χ0v) is 13.8. The van der Waals surface area contributed by atoms with E-state index in [1.807, 2.05) is 19.2 Å². The van der Waals surface area contributed by atoms with Crippen molar-refractivity contribution in [1.82, 2.24) is 5.32 Å². The topological polar surface area (TPSA) is 21.3 Å². The van der Waals surface area contributed by atoms with Crippen LogP contribution in [0.1, 0.15) is 51.1 Å². The second kappa shape index (κ2) is 6.36. The maximum absolute atomic E-state index is 6.29. The summed E-state index contributed by atoms with van der Waals surface area (Å²) >= 11 is 6.29. The summed E-state index contributed by atoms with van der Waals surface area (Å²) in [5, 5.41) is 4.20. The molecule has 0 amide bonds. The van der Waals surface area contributed by atoms with Crippen molar-refractivity contribution in [2.24, 2.45) is 11.3 Å². The minimum absolute atomic E-state index is 0.355. The van der Waals surface area contributed by atoms with Gasteiger partial charge >= 0.3 is 0 Å². The number of rotatable bonds is 4. The summed E-state index contributed by atoms with van der Waals surface area (Å²) in [5.41, 5.74) is 1.64. The van der Waals surface area contributed by atoms with E-state index in [1.54, 1.807) is 7.11 Å². The lowest BCUT2D eigenvalue weighted by Gasteiger charge is -2.43. The standard InChI is InChI=1S/C17H26ClNO/c1-17(2)10-6-5-7-13(17)16(19-3)12-8-9-15(20-4)14(18)11-12/h8-9,11,13,16,19H,5-7,10H2,1-4H3. The molecule has 0 saturated heterocycles. The van der Waals surface area contributed by atoms with Crippen LogP contribution in [0.15, 0.2) is 18.2 Å². The van der Waals surface area contributed by atoms with Crippen LogP contribution in [0.4, 0.5) is 0 Å². The fourth-order valence-electron chi connectivity index (χ4n) is 3.62. The lowest BCUT2D eigenvalue weighted by atomic mass is 9.65. The van der Waals surface area contributed by atoms with Crippen LogP contribution in [0.25, 0.3) is 0 Å². The Morgan fingerprint density at radius 1 is 1.35 bits per heavy atom. The van der Waals surface area contributed by atoms with Crippen LogP contribution >= 0.6 is 11.6 Å². The van der Waals surface area contributed by atoms with Gasteiger partial charge in [-0.15, -0.1) is 0 Å². The van der Waals surface area contributed by atoms with Gasteiger partial charge in [0.25, 0.3) is 0 Å². The van der Waals surface area contributed by atoms with Gasteiger partial charge in [0.15, 0.2) is 0 Å². The zero-order chi connectivity index (χ0) is 14.8. The van der Waals surface area contributed by atoms with E-state index in [0.717, 1.165) is 5.75 Å². The van der Waals surface area contributed by atoms with Crippen LogP contribution in [-0.2, 0) is 0 Å². The maximum atomic E-state index is 6.29. The number of ether oxygens (including phenoxy) is 1. The summed E-state index contributed by atoms with van der Waals surface area (Å²) in [6.07, 6.45) is 5.27. The number of benzene rings is 1. The van der Waals surface area contributed by atoms with Crippen molar-refractivity contribution in [3.8, 4) is 5.75 Å². The molecular formula is C17H26ClNO. The Labute approximate surface area is 127 Å². The first kappa shape index (κ1) is 15.7. The van der Waals surface area contributed by atoms with Crippen molar-refractivity contribution in [3.05, 3.63) is 28.8 Å². The lowest BCUT2D eigenvalue weighted by molar-refractivity contribution is 0.101. The van der Waals surface area contributed by atoms with E-state index >= 15 is 0 Å². The van der Waals surface area contributed by atoms with Crippen molar-refractivity contribution in [2.45, 2.75) is 45.6 Å². The summed E-state index contributed by atoms with van der Waals surface area (Å²) in [4.78, 5) is 0. The van der Waals surface area contributed by atoms with Crippen LogP contribution in [0.5, 0.6) is 5.75 Å². The number of hydrogen-bond acceptors (Lipinski definition) is 2. The van der Waals surface area contributed by atoms with Gasteiger partial charge in [-0.3, -0.25) is 0 Å². The minimum Gasteiger partial charge on any atom is -0.495 e. The zero-order valence-electron chi connectivity index (χ0n) is 13.0. The predicted octanol–water partition coefficient (Wildman–Crippen LogP) is 4.83. The van der Waals surface area contributed by atoms with Gasteiger partial charge in [-0.1, -0.05) is 44.4 Å². The Morgan fingerprint density at radius 3 is 2.65 bits per heavy atom. The molecule has 20 heavy (non-hydrogen) atoms. The van der Waals surface area contributed by atoms with Crippen LogP contribution in [0, 0.1) is 11.3 Å². The average molecular weight is 296 g/mol. The van der Waals surface area contributed by atoms with Gasteiger partial charge in [-0.25, -0.2) is 0 Å². The highest BCUT2D eigenvalue weighted by Gasteiger charge is 2.37. The molecule has 112 valence electrons. The van der Waals surface area contributed by atoms with Gasteiger partial charge in [0.1, 0.15) is 5.75 Å². The van der Waals surface area contributed by atoms with Gasteiger partial charge in [0, 0.05) is 6.04 Å². The summed E-state index contributed by atoms with van der Waals surface area (Å²) in [6.45, 7) is 4.79. The molecule has 0 heterocycles. The first-order valence-electron chi connectivity index (χ1n) is 7.50. The molecule has 3 heteroatoms. The van der Waals surface area contributed by atoms with E-state index in [9.17, 15) is 0 Å². The van der Waals surface area contributed by atoms with Crippen molar-refractivity contribution >= 4 is 11.6 Å². The van der Waals surface area contributed by atoms with E-state index in [0.29, 0.717) is 22.4 Å². The maximum Gasteiger partial charge on any atom is 0.137 e. The molecule has 1 aliphatic rings. The normalized spacial score (nSPS) is 23.4. The monoisotopic (exact) mass is 295 g/mol. The van der Waals surface area contributed by atoms with Crippen LogP contribution < -0.4 is 10.1 Å². The molecule has 0 aliphatic heterocycles. The molecule has 1 aromatic rings. The molecule has 1 N–H and O–H groups in total. The van der Waals surface area contributed by atoms with Gasteiger partial charge < -0.3 is 10.1 Å². The number of halogens is 1. The molecular weight excluding hydrogens is 270 g/mol. The van der Waals surface area contributed by atoms with Crippen LogP contribution in [0.2, 0.25) is 5.02 Å². The van der Waals surface area contributed by atoms with E-state index in [4.69, 9.17) is 16.3 Å². The molecule has 2 atom stereocenters. The summed E-state index contributed by atoms with van der Waals surface area (Å²) in [6, 6.07) is 6.51. The van der Waals surface area contributed by atoms with E-state index in [2.05, 4.69) is 25.2 Å². The second-order valence-corrected chi connectivity index (χ2v) is 6.91. The molecule has 2 rings (SSSR count). The van der Waals surface area contributed by atoms with Gasteiger partial charge in [-0.2, -0.15) is 0 Å². The minimum atomic E-state index is 0.355. The smallest absolute Gasteiger partial charge is 0.137 e. The van der Waals surface area contributed by atoms with E-state index < -0.39 is 0 Å². The predicted molar refractivity (Wildman–Crippen MR) is 85.5 cm³/mol. The van der Waals surface area contributed by atoms with Crippen molar-refractivity contribution < 1.29 is 4.74 Å². The Kier molecular flexibility index (Phi) is 4.98. The molecule has 1 saturated carbocycles. The highest BCUT2D eigenvalue weighted by Crippen LogP contribution is 2.47. The third-order valence-corrected chi connectivity index (χ3v) is 5.13. The third kappa shape index (κ3) is 3.12. The Morgan fingerprint density at radius 2 is 2.10 bits per heavy atom. The Bertz CT molecular complexity index is 458. The van der Waals surface area contributed by atoms with Gasteiger partial charge in [0.05, 0.1) is 12.1 Å². The molecule has 1 aliphatic carbocycles. The Hall–Kier alpha value is -0.730. The lowest BCUT2D eigenvalue weighted by Crippen LogP contribution is -2.37. The van der Waals surface area contributed by atoms with Crippen LogP contribution in [0.3, 0.4) is 0 Å². The molecule has 0 radical (unpaired) electrons. The second-order valence-electron chi connectivity index (χ2n) is 6.50. The van der Waals surface area contributed by atoms with Gasteiger partial charge in [-0.05, 0) is 48.9 Å². The first-order valence-corrected chi connectivity index (χ1v) is 7.88. The molecule has 1 fully saturated rings. The average Bonchev–Trinajstić information content (AvgIpc) is 2.41. The highest BCUT2D eigenvalue weighted by atomic mass is 35.5. The highest BCUT2D eigenvalue weighted by molar-refractivity contribution is 6.32. The molecule has 0 aromatic heterocycles. The number of methoxy groups -OCH3 is 1. The van der Waals surface area contributed by atoms with Crippen molar-refractivity contribution in [3.63, 3.8) is 0 Å². The Balaban J connectivity index is 2.29. The number of hydrogen-bond donors (Lipinski definition) is 1. The molecule has 2 unspecified atom stereocenters. The number of nitrogens with one attached hydrogen (secondary N) is 1. The molecule has 1 aromatic carbocycles. The summed E-state index contributed by atoms with van der Waals surface area (Å²) in [5.74, 6) is 1.39. The van der Waals surface area contributed by atoms with Crippen molar-refractivity contribution in [1.29, 1.82) is 0 Å². The molecule has 2 nitrogen and oxygen atoms in total. The van der Waals surface area contributed by atoms with Crippen molar-refractivity contribution in [2.75, 3.05) is 14.2 Å². The van der Waals surface area contributed by atoms with E-state index in [-0.39, 0.29) is 0 Å². The third-order valence-electron chi connectivity index (χ3n) is 4.84. The summed E-state index contributed by atoms with van der Waals surface area (Å²) < 4.78 is 5.25. The largest absolute Gasteiger partial charge is 0.495 e. The van der Waals surface area contributed by atoms with E-state index in [1.165, 1.54) is 31.2 Å². The fourth-order valence-corrected chi connectivity index (χ4v) is 3.88. The van der Waals surface area contributed by atoms with Crippen LogP contribution in [-0.4, -0.2) is 14.2 Å². The van der Waals surface area contributed by atoms with Gasteiger partial charge in [0.2, 0.25) is 0 Å². The first-order chi connectivity index (χ1) is 9.49. The molecule has 0 bridgehead atoms. The molecule has 0 spiro atoms. The quantitative estimate of drug-likeness (QED) is 0.859.